The van der Waals surface area contributed by atoms with Gasteiger partial charge in [0, 0.05) is 24.6 Å². The van der Waals surface area contributed by atoms with Crippen molar-refractivity contribution in [3.63, 3.8) is 0 Å². The van der Waals surface area contributed by atoms with Gasteiger partial charge in [-0.1, -0.05) is 5.16 Å². The third-order valence-corrected chi connectivity index (χ3v) is 4.15. The summed E-state index contributed by atoms with van der Waals surface area (Å²) in [7, 11) is 1.06. The van der Waals surface area contributed by atoms with Gasteiger partial charge < -0.3 is 9.47 Å². The van der Waals surface area contributed by atoms with Crippen molar-refractivity contribution in [2.24, 2.45) is 10.1 Å². The van der Waals surface area contributed by atoms with E-state index >= 15 is 0 Å². The van der Waals surface area contributed by atoms with Crippen molar-refractivity contribution in [2.75, 3.05) is 20.3 Å². The monoisotopic (exact) mass is 496 g/mol. The third-order valence-electron chi connectivity index (χ3n) is 4.00. The first-order valence-electron chi connectivity index (χ1n) is 9.19. The molecule has 33 heavy (non-hydrogen) atoms. The van der Waals surface area contributed by atoms with Crippen LogP contribution in [0.3, 0.4) is 0 Å². The molecule has 0 aliphatic rings. The summed E-state index contributed by atoms with van der Waals surface area (Å²) in [5, 5.41) is 2.85. The summed E-state index contributed by atoms with van der Waals surface area (Å²) in [4.78, 5) is 3.27. The molecule has 0 amide bonds. The van der Waals surface area contributed by atoms with Crippen LogP contribution >= 0.6 is 12.3 Å². The van der Waals surface area contributed by atoms with E-state index in [9.17, 15) is 26.3 Å². The van der Waals surface area contributed by atoms with Crippen LogP contribution in [-0.2, 0) is 4.28 Å². The highest BCUT2D eigenvalue weighted by atomic mass is 32.2. The SMILES string of the molecule is CN=C(c1ccc(OCCCOc2ccc(C(=NOSO)C(F)(F)F)cc2)cc1)C(F)(F)F. The lowest BCUT2D eigenvalue weighted by atomic mass is 10.1. The largest absolute Gasteiger partial charge is 0.493 e. The van der Waals surface area contributed by atoms with Crippen LogP contribution in [0.1, 0.15) is 17.5 Å². The quantitative estimate of drug-likeness (QED) is 0.145. The summed E-state index contributed by atoms with van der Waals surface area (Å²) < 4.78 is 101. The number of hydrogen-bond acceptors (Lipinski definition) is 7. The summed E-state index contributed by atoms with van der Waals surface area (Å²) in [6.45, 7) is 0.384. The van der Waals surface area contributed by atoms with Crippen molar-refractivity contribution in [2.45, 2.75) is 18.8 Å². The highest BCUT2D eigenvalue weighted by Crippen LogP contribution is 2.26. The van der Waals surface area contributed by atoms with E-state index in [1.807, 2.05) is 0 Å². The Bertz CT molecular complexity index is 945. The Morgan fingerprint density at radius 3 is 1.58 bits per heavy atom. The number of hydrogen-bond donors (Lipinski definition) is 1. The highest BCUT2D eigenvalue weighted by Gasteiger charge is 2.38. The molecule has 0 unspecified atom stereocenters. The zero-order chi connectivity index (χ0) is 24.5. The normalized spacial score (nSPS) is 13.1. The van der Waals surface area contributed by atoms with E-state index in [2.05, 4.69) is 14.4 Å². The topological polar surface area (TPSA) is 72.6 Å². The molecule has 13 heteroatoms. The Balaban J connectivity index is 1.82. The van der Waals surface area contributed by atoms with E-state index in [0.717, 1.165) is 19.2 Å². The Morgan fingerprint density at radius 2 is 1.21 bits per heavy atom. The molecule has 1 N–H and O–H groups in total. The Morgan fingerprint density at radius 1 is 0.788 bits per heavy atom. The lowest BCUT2D eigenvalue weighted by Crippen LogP contribution is -2.24. The molecule has 0 heterocycles. The first-order chi connectivity index (χ1) is 15.6. The molecule has 6 nitrogen and oxygen atoms in total. The van der Waals surface area contributed by atoms with Crippen LogP contribution in [0.2, 0.25) is 0 Å². The fourth-order valence-corrected chi connectivity index (χ4v) is 2.71. The molecule has 2 aromatic rings. The number of nitrogens with zero attached hydrogens (tertiary/aromatic N) is 2. The average molecular weight is 496 g/mol. The molecular weight excluding hydrogens is 478 g/mol. The van der Waals surface area contributed by atoms with E-state index in [1.54, 1.807) is 0 Å². The standard InChI is InChI=1S/C20H18F6N2O4S/c1-27-17(19(21,22)23)13-3-7-15(8-4-13)30-11-2-12-31-16-9-5-14(6-10-16)18(20(24,25)26)28-32-33-29/h3-10,29H,2,11-12H2,1H3. The first kappa shape index (κ1) is 26.3. The van der Waals surface area contributed by atoms with E-state index in [4.69, 9.17) is 14.0 Å². The van der Waals surface area contributed by atoms with Gasteiger partial charge in [0.05, 0.1) is 13.2 Å². The average Bonchev–Trinajstić information content (AvgIpc) is 2.74. The predicted octanol–water partition coefficient (Wildman–Crippen LogP) is 5.92. The predicted molar refractivity (Wildman–Crippen MR) is 111 cm³/mol. The Hall–Kier alpha value is -2.93. The molecule has 2 aromatic carbocycles. The van der Waals surface area contributed by atoms with Gasteiger partial charge in [-0.3, -0.25) is 13.8 Å². The van der Waals surface area contributed by atoms with Gasteiger partial charge in [-0.2, -0.15) is 26.3 Å². The fraction of sp³-hybridized carbons (Fsp3) is 0.300. The van der Waals surface area contributed by atoms with Gasteiger partial charge in [0.2, 0.25) is 0 Å². The number of rotatable bonds is 10. The van der Waals surface area contributed by atoms with Gasteiger partial charge in [0.25, 0.3) is 12.3 Å². The van der Waals surface area contributed by atoms with Crippen LogP contribution in [0, 0.1) is 0 Å². The van der Waals surface area contributed by atoms with Crippen LogP contribution < -0.4 is 9.47 Å². The first-order valence-corrected chi connectivity index (χ1v) is 9.89. The Labute approximate surface area is 189 Å². The number of aliphatic imine (C=N–C) groups is 1. The second-order valence-electron chi connectivity index (χ2n) is 6.26. The molecule has 0 spiro atoms. The lowest BCUT2D eigenvalue weighted by Gasteiger charge is -2.12. The van der Waals surface area contributed by atoms with Crippen molar-refractivity contribution in [3.8, 4) is 11.5 Å². The molecule has 0 saturated heterocycles. The van der Waals surface area contributed by atoms with Gasteiger partial charge in [-0.15, -0.1) is 0 Å². The number of oxime groups is 1. The van der Waals surface area contributed by atoms with E-state index < -0.39 is 23.8 Å². The minimum Gasteiger partial charge on any atom is -0.493 e. The molecule has 0 aromatic heterocycles. The molecule has 0 radical (unpaired) electrons. The van der Waals surface area contributed by atoms with E-state index in [-0.39, 0.29) is 36.7 Å². The number of ether oxygens (including phenoxy) is 2. The Kier molecular flexibility index (Phi) is 9.41. The third kappa shape index (κ3) is 8.17. The summed E-state index contributed by atoms with van der Waals surface area (Å²) >= 11 is -0.313. The molecular formula is C20H18F6N2O4S. The molecule has 0 bridgehead atoms. The van der Waals surface area contributed by atoms with Crippen LogP contribution in [0.4, 0.5) is 26.3 Å². The second kappa shape index (κ2) is 11.8. The number of benzene rings is 2. The van der Waals surface area contributed by atoms with Gasteiger partial charge in [-0.25, -0.2) is 0 Å². The van der Waals surface area contributed by atoms with Gasteiger partial charge in [-0.05, 0) is 48.5 Å². The molecule has 2 rings (SSSR count). The van der Waals surface area contributed by atoms with Crippen molar-refractivity contribution >= 4 is 23.7 Å². The van der Waals surface area contributed by atoms with Crippen LogP contribution in [0.15, 0.2) is 58.7 Å². The highest BCUT2D eigenvalue weighted by molar-refractivity contribution is 7.88. The maximum atomic E-state index is 13.0. The van der Waals surface area contributed by atoms with Gasteiger partial charge >= 0.3 is 12.4 Å². The molecule has 0 fully saturated rings. The van der Waals surface area contributed by atoms with Gasteiger partial charge in [0.15, 0.2) is 5.71 Å². The zero-order valence-electron chi connectivity index (χ0n) is 17.0. The smallest absolute Gasteiger partial charge is 0.437 e. The zero-order valence-corrected chi connectivity index (χ0v) is 17.8. The summed E-state index contributed by atoms with van der Waals surface area (Å²) in [6.07, 6.45) is -8.93. The van der Waals surface area contributed by atoms with Crippen LogP contribution in [0.25, 0.3) is 0 Å². The number of halogens is 6. The van der Waals surface area contributed by atoms with Gasteiger partial charge in [0.1, 0.15) is 17.2 Å². The minimum absolute atomic E-state index is 0.0791. The second-order valence-corrected chi connectivity index (χ2v) is 6.55. The molecule has 180 valence electrons. The maximum Gasteiger partial charge on any atom is 0.437 e. The summed E-state index contributed by atoms with van der Waals surface area (Å²) in [5.74, 6) is 0.670. The fourth-order valence-electron chi connectivity index (χ4n) is 2.60. The molecule has 0 saturated carbocycles. The summed E-state index contributed by atoms with van der Waals surface area (Å²) in [5.41, 5.74) is -2.66. The van der Waals surface area contributed by atoms with Crippen molar-refractivity contribution < 1.29 is 44.7 Å². The van der Waals surface area contributed by atoms with Crippen molar-refractivity contribution in [1.82, 2.24) is 0 Å². The van der Waals surface area contributed by atoms with Crippen molar-refractivity contribution in [3.05, 3.63) is 59.7 Å². The minimum atomic E-state index is -4.79. The van der Waals surface area contributed by atoms with E-state index in [0.29, 0.717) is 17.9 Å². The summed E-state index contributed by atoms with van der Waals surface area (Å²) in [6, 6.07) is 10.2. The maximum absolute atomic E-state index is 13.0. The number of alkyl halides is 6. The molecule has 0 aliphatic carbocycles. The lowest BCUT2D eigenvalue weighted by molar-refractivity contribution is -0.0600. The molecule has 0 aliphatic heterocycles. The van der Waals surface area contributed by atoms with Crippen LogP contribution in [-0.4, -0.2) is 48.6 Å². The molecule has 0 atom stereocenters. The van der Waals surface area contributed by atoms with Crippen LogP contribution in [0.5, 0.6) is 11.5 Å². The van der Waals surface area contributed by atoms with E-state index in [1.165, 1.54) is 36.4 Å². The van der Waals surface area contributed by atoms with Crippen molar-refractivity contribution in [1.29, 1.82) is 0 Å².